The lowest BCUT2D eigenvalue weighted by atomic mass is 9.93. The molecule has 2 rings (SSSR count). The molecule has 0 spiro atoms. The topological polar surface area (TPSA) is 71.5 Å². The van der Waals surface area contributed by atoms with Crippen molar-refractivity contribution in [2.75, 3.05) is 26.2 Å². The zero-order valence-corrected chi connectivity index (χ0v) is 15.3. The van der Waals surface area contributed by atoms with Gasteiger partial charge in [-0.05, 0) is 44.3 Å². The average Bonchev–Trinajstić information content (AvgIpc) is 2.96. The Hall–Kier alpha value is -0.960. The van der Waals surface area contributed by atoms with E-state index in [4.69, 9.17) is 10.2 Å². The number of hydrogen-bond acceptors (Lipinski definition) is 4. The van der Waals surface area contributed by atoms with Gasteiger partial charge in [-0.3, -0.25) is 9.69 Å². The van der Waals surface area contributed by atoms with Crippen molar-refractivity contribution < 1.29 is 22.4 Å². The predicted octanol–water partition coefficient (Wildman–Crippen LogP) is 2.98. The fourth-order valence-electron chi connectivity index (χ4n) is 2.79. The van der Waals surface area contributed by atoms with Crippen molar-refractivity contribution in [2.24, 2.45) is 11.7 Å². The van der Waals surface area contributed by atoms with Crippen LogP contribution in [0.3, 0.4) is 0 Å². The highest BCUT2D eigenvalue weighted by Crippen LogP contribution is 2.24. The van der Waals surface area contributed by atoms with Gasteiger partial charge in [0, 0.05) is 6.54 Å². The number of nitrogens with one attached hydrogen (secondary N) is 1. The second-order valence-corrected chi connectivity index (χ2v) is 5.89. The summed E-state index contributed by atoms with van der Waals surface area (Å²) in [6, 6.07) is 1.60. The lowest BCUT2D eigenvalue weighted by Crippen LogP contribution is -2.40. The first-order valence-corrected chi connectivity index (χ1v) is 7.72. The van der Waals surface area contributed by atoms with Gasteiger partial charge in [-0.1, -0.05) is 0 Å². The summed E-state index contributed by atoms with van der Waals surface area (Å²) in [6.07, 6.45) is -0.530. The largest absolute Gasteiger partial charge is 0.467 e. The lowest BCUT2D eigenvalue weighted by Gasteiger charge is -2.32. The van der Waals surface area contributed by atoms with Crippen molar-refractivity contribution >= 4 is 30.7 Å². The molecule has 1 fully saturated rings. The van der Waals surface area contributed by atoms with Gasteiger partial charge in [-0.15, -0.1) is 24.8 Å². The number of hydrogen-bond donors (Lipinski definition) is 2. The minimum absolute atomic E-state index is 0. The average molecular weight is 406 g/mol. The van der Waals surface area contributed by atoms with Gasteiger partial charge in [0.2, 0.25) is 0 Å². The third-order valence-corrected chi connectivity index (χ3v) is 4.07. The van der Waals surface area contributed by atoms with E-state index in [1.165, 1.54) is 11.2 Å². The number of carbonyl (C=O) groups is 1. The van der Waals surface area contributed by atoms with E-state index in [1.807, 2.05) is 0 Å². The molecule has 0 unspecified atom stereocenters. The number of piperidine rings is 1. The Bertz CT molecular complexity index is 518. The summed E-state index contributed by atoms with van der Waals surface area (Å²) in [5.41, 5.74) is 5.85. The number of halogens is 5. The molecule has 0 atom stereocenters. The molecule has 1 amide bonds. The Kier molecular flexibility index (Phi) is 10.5. The Morgan fingerprint density at radius 2 is 1.96 bits per heavy atom. The highest BCUT2D eigenvalue weighted by molar-refractivity contribution is 5.93. The molecule has 0 aromatic carbocycles. The quantitative estimate of drug-likeness (QED) is 0.762. The minimum Gasteiger partial charge on any atom is -0.467 e. The van der Waals surface area contributed by atoms with Gasteiger partial charge < -0.3 is 15.5 Å². The third-order valence-electron chi connectivity index (χ3n) is 4.07. The van der Waals surface area contributed by atoms with Crippen LogP contribution in [-0.4, -0.2) is 43.2 Å². The van der Waals surface area contributed by atoms with Crippen LogP contribution in [0.2, 0.25) is 0 Å². The van der Waals surface area contributed by atoms with Gasteiger partial charge >= 0.3 is 6.18 Å². The van der Waals surface area contributed by atoms with Crippen molar-refractivity contribution in [1.29, 1.82) is 0 Å². The van der Waals surface area contributed by atoms with Gasteiger partial charge in [-0.2, -0.15) is 13.2 Å². The maximum absolute atomic E-state index is 12.3. The molecule has 10 heteroatoms. The van der Waals surface area contributed by atoms with Crippen LogP contribution in [0.1, 0.15) is 35.4 Å². The zero-order valence-electron chi connectivity index (χ0n) is 13.7. The molecule has 146 valence electrons. The van der Waals surface area contributed by atoms with Crippen molar-refractivity contribution in [1.82, 2.24) is 10.2 Å². The molecule has 0 aliphatic carbocycles. The van der Waals surface area contributed by atoms with Crippen molar-refractivity contribution in [3.63, 3.8) is 0 Å². The number of nitrogens with zero attached hydrogens (tertiary/aromatic N) is 1. The summed E-state index contributed by atoms with van der Waals surface area (Å²) in [5.74, 6) is 0.680. The molecule has 5 nitrogen and oxygen atoms in total. The van der Waals surface area contributed by atoms with Crippen LogP contribution in [0.15, 0.2) is 16.7 Å². The van der Waals surface area contributed by atoms with Crippen LogP contribution in [-0.2, 0) is 6.54 Å². The number of nitrogens with two attached hydrogens (primary N) is 1. The SMILES string of the molecule is Cl.Cl.NCc1cc(C(=O)NCCC2CCN(CC(F)(F)F)CC2)co1. The van der Waals surface area contributed by atoms with Gasteiger partial charge in [0.15, 0.2) is 0 Å². The molecule has 25 heavy (non-hydrogen) atoms. The normalized spacial score (nSPS) is 16.0. The molecular weight excluding hydrogens is 382 g/mol. The highest BCUT2D eigenvalue weighted by atomic mass is 35.5. The molecule has 0 bridgehead atoms. The Morgan fingerprint density at radius 1 is 1.32 bits per heavy atom. The van der Waals surface area contributed by atoms with E-state index in [-0.39, 0.29) is 37.3 Å². The standard InChI is InChI=1S/C15H22F3N3O2.2ClH/c16-15(17,18)10-21-5-2-11(3-6-21)1-4-20-14(22)12-7-13(8-19)23-9-12;;/h7,9,11H,1-6,8,10,19H2,(H,20,22);2*1H. The number of furan rings is 1. The molecule has 2 heterocycles. The number of carbonyl (C=O) groups excluding carboxylic acids is 1. The van der Waals surface area contributed by atoms with Crippen molar-refractivity contribution in [2.45, 2.75) is 32.0 Å². The molecule has 3 N–H and O–H groups in total. The van der Waals surface area contributed by atoms with Crippen LogP contribution in [0.5, 0.6) is 0 Å². The van der Waals surface area contributed by atoms with E-state index >= 15 is 0 Å². The van der Waals surface area contributed by atoms with Gasteiger partial charge in [-0.25, -0.2) is 0 Å². The monoisotopic (exact) mass is 405 g/mol. The van der Waals surface area contributed by atoms with Crippen LogP contribution in [0, 0.1) is 5.92 Å². The van der Waals surface area contributed by atoms with Crippen LogP contribution >= 0.6 is 24.8 Å². The molecule has 1 aromatic rings. The van der Waals surface area contributed by atoms with Gasteiger partial charge in [0.1, 0.15) is 12.0 Å². The first kappa shape index (κ1) is 24.0. The number of alkyl halides is 3. The fraction of sp³-hybridized carbons (Fsp3) is 0.667. The number of amides is 1. The zero-order chi connectivity index (χ0) is 16.9. The Balaban J connectivity index is 0.00000288. The molecule has 0 saturated carbocycles. The summed E-state index contributed by atoms with van der Waals surface area (Å²) in [5, 5.41) is 2.80. The predicted molar refractivity (Wildman–Crippen MR) is 93.3 cm³/mol. The smallest absolute Gasteiger partial charge is 0.401 e. The summed E-state index contributed by atoms with van der Waals surface area (Å²) >= 11 is 0. The molecule has 0 radical (unpaired) electrons. The van der Waals surface area contributed by atoms with Crippen molar-refractivity contribution in [3.8, 4) is 0 Å². The van der Waals surface area contributed by atoms with Crippen LogP contribution in [0.25, 0.3) is 0 Å². The summed E-state index contributed by atoms with van der Waals surface area (Å²) in [7, 11) is 0. The lowest BCUT2D eigenvalue weighted by molar-refractivity contribution is -0.148. The third kappa shape index (κ3) is 8.31. The molecule has 1 aliphatic heterocycles. The van der Waals surface area contributed by atoms with E-state index in [0.717, 1.165) is 19.3 Å². The maximum atomic E-state index is 12.3. The van der Waals surface area contributed by atoms with Gasteiger partial charge in [0.05, 0.1) is 18.7 Å². The second-order valence-electron chi connectivity index (χ2n) is 5.89. The van der Waals surface area contributed by atoms with E-state index in [9.17, 15) is 18.0 Å². The van der Waals surface area contributed by atoms with Gasteiger partial charge in [0.25, 0.3) is 5.91 Å². The fourth-order valence-corrected chi connectivity index (χ4v) is 2.79. The Labute approximate surface area is 157 Å². The molecule has 1 saturated heterocycles. The van der Waals surface area contributed by atoms with Crippen LogP contribution < -0.4 is 11.1 Å². The molecular formula is C15H24Cl2F3N3O2. The summed E-state index contributed by atoms with van der Waals surface area (Å²) in [4.78, 5) is 13.3. The summed E-state index contributed by atoms with van der Waals surface area (Å²) < 4.78 is 42.0. The Morgan fingerprint density at radius 3 is 2.48 bits per heavy atom. The maximum Gasteiger partial charge on any atom is 0.401 e. The molecule has 1 aromatic heterocycles. The molecule has 1 aliphatic rings. The van der Waals surface area contributed by atoms with Crippen molar-refractivity contribution in [3.05, 3.63) is 23.7 Å². The van der Waals surface area contributed by atoms with E-state index in [1.54, 1.807) is 6.07 Å². The van der Waals surface area contributed by atoms with Crippen LogP contribution in [0.4, 0.5) is 13.2 Å². The highest BCUT2D eigenvalue weighted by Gasteiger charge is 2.32. The summed E-state index contributed by atoms with van der Waals surface area (Å²) in [6.45, 7) is 0.829. The second kappa shape index (κ2) is 10.9. The number of likely N-dealkylation sites (tertiary alicyclic amines) is 1. The van der Waals surface area contributed by atoms with E-state index < -0.39 is 12.7 Å². The first-order chi connectivity index (χ1) is 10.9. The first-order valence-electron chi connectivity index (χ1n) is 7.72. The van der Waals surface area contributed by atoms with E-state index in [0.29, 0.717) is 36.9 Å². The number of rotatable bonds is 6. The minimum atomic E-state index is -4.13. The van der Waals surface area contributed by atoms with E-state index in [2.05, 4.69) is 5.32 Å².